The molecule has 0 N–H and O–H groups in total. The molecule has 2 aliphatic carbocycles. The van der Waals surface area contributed by atoms with Gasteiger partial charge in [0.25, 0.3) is 0 Å². The maximum absolute atomic E-state index is 4.10. The summed E-state index contributed by atoms with van der Waals surface area (Å²) in [5.41, 5.74) is 6.61. The Balaban J connectivity index is 2.08. The van der Waals surface area contributed by atoms with E-state index in [1.165, 1.54) is 43.2 Å². The lowest BCUT2D eigenvalue weighted by atomic mass is 9.50. The van der Waals surface area contributed by atoms with Gasteiger partial charge in [-0.3, -0.25) is 0 Å². The van der Waals surface area contributed by atoms with E-state index in [2.05, 4.69) is 52.5 Å². The zero-order valence-corrected chi connectivity index (χ0v) is 13.6. The number of benzene rings is 1. The van der Waals surface area contributed by atoms with Gasteiger partial charge in [0.05, 0.1) is 0 Å². The van der Waals surface area contributed by atoms with Crippen LogP contribution in [0.15, 0.2) is 24.8 Å². The molecule has 2 aliphatic rings. The van der Waals surface area contributed by atoms with E-state index < -0.39 is 0 Å². The van der Waals surface area contributed by atoms with E-state index in [4.69, 9.17) is 0 Å². The fourth-order valence-corrected chi connectivity index (χ4v) is 5.08. The van der Waals surface area contributed by atoms with Gasteiger partial charge in [-0.25, -0.2) is 0 Å². The number of hydrogen-bond acceptors (Lipinski definition) is 0. The molecule has 1 aromatic carbocycles. The zero-order valence-electron chi connectivity index (χ0n) is 13.6. The molecule has 0 aliphatic heterocycles. The predicted molar refractivity (Wildman–Crippen MR) is 87.9 cm³/mol. The summed E-state index contributed by atoms with van der Waals surface area (Å²) >= 11 is 0. The molecule has 108 valence electrons. The van der Waals surface area contributed by atoms with E-state index in [9.17, 15) is 0 Å². The fourth-order valence-electron chi connectivity index (χ4n) is 5.08. The van der Waals surface area contributed by atoms with Crippen LogP contribution in [0.3, 0.4) is 0 Å². The minimum absolute atomic E-state index is 0.392. The van der Waals surface area contributed by atoms with Crippen LogP contribution in [0.1, 0.15) is 70.1 Å². The molecule has 0 bridgehead atoms. The van der Waals surface area contributed by atoms with Crippen LogP contribution >= 0.6 is 0 Å². The number of aryl methyl sites for hydroxylation is 1. The van der Waals surface area contributed by atoms with Gasteiger partial charge in [-0.1, -0.05) is 57.5 Å². The molecule has 0 heterocycles. The summed E-state index contributed by atoms with van der Waals surface area (Å²) in [4.78, 5) is 0. The highest BCUT2D eigenvalue weighted by atomic mass is 14.5. The van der Waals surface area contributed by atoms with Gasteiger partial charge in [0, 0.05) is 0 Å². The maximum atomic E-state index is 4.10. The summed E-state index contributed by atoms with van der Waals surface area (Å²) in [6, 6.07) is 7.10. The number of hydrogen-bond donors (Lipinski definition) is 0. The van der Waals surface area contributed by atoms with Crippen LogP contribution in [0, 0.1) is 11.3 Å². The van der Waals surface area contributed by atoms with Gasteiger partial charge in [0.1, 0.15) is 0 Å². The Labute approximate surface area is 124 Å². The van der Waals surface area contributed by atoms with Gasteiger partial charge in [-0.05, 0) is 66.0 Å². The Hall–Kier alpha value is -1.04. The first-order chi connectivity index (χ1) is 9.34. The van der Waals surface area contributed by atoms with Crippen molar-refractivity contribution in [3.8, 4) is 0 Å². The molecule has 0 amide bonds. The van der Waals surface area contributed by atoms with Gasteiger partial charge < -0.3 is 0 Å². The van der Waals surface area contributed by atoms with Gasteiger partial charge >= 0.3 is 0 Å². The molecular weight excluding hydrogens is 240 g/mol. The third-order valence-electron chi connectivity index (χ3n) is 6.15. The van der Waals surface area contributed by atoms with Crippen molar-refractivity contribution >= 4 is 5.57 Å². The minimum Gasteiger partial charge on any atom is -0.0955 e. The third kappa shape index (κ3) is 1.96. The highest BCUT2D eigenvalue weighted by Crippen LogP contribution is 2.57. The van der Waals surface area contributed by atoms with Crippen molar-refractivity contribution < 1.29 is 0 Å². The van der Waals surface area contributed by atoms with E-state index in [0.717, 1.165) is 5.92 Å². The van der Waals surface area contributed by atoms with E-state index in [0.29, 0.717) is 10.8 Å². The molecular formula is C20H28. The van der Waals surface area contributed by atoms with Gasteiger partial charge in [-0.15, -0.1) is 0 Å². The van der Waals surface area contributed by atoms with Crippen LogP contribution in [0.2, 0.25) is 0 Å². The standard InChI is InChI=1S/C20H28/c1-14(2)15-7-9-17-16(13-15)8-10-18-19(3,4)11-6-12-20(17,18)5/h7,9,13,18H,1,6,8,10-12H2,2-5H3. The van der Waals surface area contributed by atoms with Crippen molar-refractivity contribution in [1.82, 2.24) is 0 Å². The number of fused-ring (bicyclic) bond motifs is 3. The Kier molecular flexibility index (Phi) is 3.12. The van der Waals surface area contributed by atoms with Crippen LogP contribution in [-0.2, 0) is 11.8 Å². The molecule has 0 saturated heterocycles. The highest BCUT2D eigenvalue weighted by Gasteiger charge is 2.49. The second kappa shape index (κ2) is 4.48. The molecule has 0 radical (unpaired) electrons. The number of rotatable bonds is 1. The first-order valence-corrected chi connectivity index (χ1v) is 8.14. The minimum atomic E-state index is 0.392. The summed E-state index contributed by atoms with van der Waals surface area (Å²) in [5.74, 6) is 0.840. The topological polar surface area (TPSA) is 0 Å². The molecule has 0 nitrogen and oxygen atoms in total. The van der Waals surface area contributed by atoms with E-state index in [1.807, 2.05) is 0 Å². The second-order valence-corrected chi connectivity index (χ2v) is 8.00. The first-order valence-electron chi connectivity index (χ1n) is 8.14. The van der Waals surface area contributed by atoms with Gasteiger partial charge in [0.15, 0.2) is 0 Å². The van der Waals surface area contributed by atoms with Gasteiger partial charge in [0.2, 0.25) is 0 Å². The van der Waals surface area contributed by atoms with Crippen LogP contribution in [0.5, 0.6) is 0 Å². The summed E-state index contributed by atoms with van der Waals surface area (Å²) in [5, 5.41) is 0. The molecule has 1 aromatic rings. The lowest BCUT2D eigenvalue weighted by Crippen LogP contribution is -2.47. The monoisotopic (exact) mass is 268 g/mol. The van der Waals surface area contributed by atoms with E-state index in [-0.39, 0.29) is 0 Å². The normalized spacial score (nSPS) is 31.3. The predicted octanol–water partition coefficient (Wildman–Crippen LogP) is 5.75. The van der Waals surface area contributed by atoms with Gasteiger partial charge in [-0.2, -0.15) is 0 Å². The van der Waals surface area contributed by atoms with Crippen molar-refractivity contribution in [3.63, 3.8) is 0 Å². The largest absolute Gasteiger partial charge is 0.0955 e. The summed E-state index contributed by atoms with van der Waals surface area (Å²) in [6.07, 6.45) is 6.74. The van der Waals surface area contributed by atoms with Crippen LogP contribution < -0.4 is 0 Å². The van der Waals surface area contributed by atoms with Crippen molar-refractivity contribution in [3.05, 3.63) is 41.5 Å². The molecule has 0 aromatic heterocycles. The van der Waals surface area contributed by atoms with Crippen molar-refractivity contribution in [2.24, 2.45) is 11.3 Å². The molecule has 1 saturated carbocycles. The molecule has 1 fully saturated rings. The smallest absolute Gasteiger partial charge is 0.00391 e. The Morgan fingerprint density at radius 3 is 2.65 bits per heavy atom. The molecule has 0 heteroatoms. The summed E-state index contributed by atoms with van der Waals surface area (Å²) in [7, 11) is 0. The Morgan fingerprint density at radius 2 is 1.95 bits per heavy atom. The molecule has 20 heavy (non-hydrogen) atoms. The van der Waals surface area contributed by atoms with Crippen LogP contribution in [0.4, 0.5) is 0 Å². The molecule has 3 rings (SSSR count). The fraction of sp³-hybridized carbons (Fsp3) is 0.600. The Bertz CT molecular complexity index is 549. The van der Waals surface area contributed by atoms with Crippen molar-refractivity contribution in [1.29, 1.82) is 0 Å². The SMILES string of the molecule is C=C(C)c1ccc2c(c1)CCC1C(C)(C)CCCC21C. The second-order valence-electron chi connectivity index (χ2n) is 8.00. The zero-order chi connectivity index (χ0) is 14.5. The van der Waals surface area contributed by atoms with E-state index in [1.54, 1.807) is 11.1 Å². The average Bonchev–Trinajstić information content (AvgIpc) is 2.37. The van der Waals surface area contributed by atoms with Crippen LogP contribution in [-0.4, -0.2) is 0 Å². The quantitative estimate of drug-likeness (QED) is 0.608. The lowest BCUT2D eigenvalue weighted by Gasteiger charge is -2.54. The lowest BCUT2D eigenvalue weighted by molar-refractivity contribution is 0.0407. The van der Waals surface area contributed by atoms with E-state index >= 15 is 0 Å². The van der Waals surface area contributed by atoms with Crippen molar-refractivity contribution in [2.45, 2.75) is 65.2 Å². The van der Waals surface area contributed by atoms with Crippen LogP contribution in [0.25, 0.3) is 5.57 Å². The molecule has 2 unspecified atom stereocenters. The summed E-state index contributed by atoms with van der Waals surface area (Å²) in [6.45, 7) is 13.7. The average molecular weight is 268 g/mol. The third-order valence-corrected chi connectivity index (χ3v) is 6.15. The molecule has 2 atom stereocenters. The number of allylic oxidation sites excluding steroid dienone is 1. The highest BCUT2D eigenvalue weighted by molar-refractivity contribution is 5.63. The maximum Gasteiger partial charge on any atom is -0.00391 e. The summed E-state index contributed by atoms with van der Waals surface area (Å²) < 4.78 is 0. The first kappa shape index (κ1) is 13.9. The molecule has 0 spiro atoms. The van der Waals surface area contributed by atoms with Crippen molar-refractivity contribution in [2.75, 3.05) is 0 Å². The Morgan fingerprint density at radius 1 is 1.20 bits per heavy atom.